The molecule has 0 amide bonds. The number of halogens is 1. The fourth-order valence-electron chi connectivity index (χ4n) is 1.48. The molecule has 0 aliphatic heterocycles. The second-order valence-corrected chi connectivity index (χ2v) is 3.61. The maximum Gasteiger partial charge on any atom is 0.251 e. The van der Waals surface area contributed by atoms with Crippen molar-refractivity contribution in [2.24, 2.45) is 0 Å². The highest BCUT2D eigenvalue weighted by atomic mass is 19.1. The van der Waals surface area contributed by atoms with Crippen LogP contribution in [-0.2, 0) is 11.3 Å². The summed E-state index contributed by atoms with van der Waals surface area (Å²) in [5.74, 6) is -0.0652. The van der Waals surface area contributed by atoms with E-state index in [1.54, 1.807) is 0 Å². The fraction of sp³-hybridized carbons (Fsp3) is 0.250. The number of nitrogens with zero attached hydrogens (tertiary/aromatic N) is 2. The van der Waals surface area contributed by atoms with E-state index < -0.39 is 5.82 Å². The first kappa shape index (κ1) is 12.4. The molecule has 0 unspecified atom stereocenters. The van der Waals surface area contributed by atoms with Crippen LogP contribution in [0.5, 0.6) is 0 Å². The molecule has 2 rings (SSSR count). The molecule has 94 valence electrons. The fourth-order valence-corrected chi connectivity index (χ4v) is 1.48. The van der Waals surface area contributed by atoms with Crippen molar-refractivity contribution in [3.63, 3.8) is 0 Å². The van der Waals surface area contributed by atoms with E-state index in [4.69, 9.17) is 4.74 Å². The average molecular weight is 249 g/mol. The van der Waals surface area contributed by atoms with E-state index in [1.807, 2.05) is 6.92 Å². The average Bonchev–Trinajstić information content (AvgIpc) is 2.36. The standard InChI is InChI=1S/C12H12FN3O2/c1-2-18-7-11-15-10(4-12(17)16-11)8-3-9(13)6-14-5-8/h3-6H,2,7H2,1H3,(H,15,16,17). The Hall–Kier alpha value is -2.08. The van der Waals surface area contributed by atoms with Gasteiger partial charge in [0.2, 0.25) is 0 Å². The van der Waals surface area contributed by atoms with Crippen LogP contribution in [0.15, 0.2) is 29.3 Å². The zero-order valence-corrected chi connectivity index (χ0v) is 9.81. The smallest absolute Gasteiger partial charge is 0.251 e. The normalized spacial score (nSPS) is 10.6. The highest BCUT2D eigenvalue weighted by molar-refractivity contribution is 5.57. The van der Waals surface area contributed by atoms with Crippen LogP contribution in [0.1, 0.15) is 12.7 Å². The molecule has 5 nitrogen and oxygen atoms in total. The van der Waals surface area contributed by atoms with Gasteiger partial charge in [-0.25, -0.2) is 9.37 Å². The molecule has 0 radical (unpaired) electrons. The van der Waals surface area contributed by atoms with Gasteiger partial charge < -0.3 is 9.72 Å². The molecule has 2 aromatic rings. The highest BCUT2D eigenvalue weighted by Gasteiger charge is 2.05. The molecular formula is C12H12FN3O2. The largest absolute Gasteiger partial charge is 0.374 e. The molecule has 6 heteroatoms. The van der Waals surface area contributed by atoms with E-state index in [0.717, 1.165) is 6.20 Å². The van der Waals surface area contributed by atoms with Crippen LogP contribution in [0.3, 0.4) is 0 Å². The van der Waals surface area contributed by atoms with Gasteiger partial charge in [0.1, 0.15) is 18.2 Å². The minimum Gasteiger partial charge on any atom is -0.374 e. The molecule has 0 aliphatic rings. The summed E-state index contributed by atoms with van der Waals surface area (Å²) in [6, 6.07) is 2.57. The molecule has 1 N–H and O–H groups in total. The van der Waals surface area contributed by atoms with Gasteiger partial charge in [-0.05, 0) is 13.0 Å². The molecule has 0 aliphatic carbocycles. The van der Waals surface area contributed by atoms with Gasteiger partial charge in [-0.2, -0.15) is 0 Å². The number of hydrogen-bond acceptors (Lipinski definition) is 4. The first-order valence-corrected chi connectivity index (χ1v) is 5.48. The molecule has 18 heavy (non-hydrogen) atoms. The number of H-pyrrole nitrogens is 1. The Morgan fingerprint density at radius 1 is 1.39 bits per heavy atom. The highest BCUT2D eigenvalue weighted by Crippen LogP contribution is 2.14. The second kappa shape index (κ2) is 5.50. The Morgan fingerprint density at radius 2 is 2.22 bits per heavy atom. The van der Waals surface area contributed by atoms with Crippen LogP contribution in [0, 0.1) is 5.82 Å². The van der Waals surface area contributed by atoms with Gasteiger partial charge in [-0.3, -0.25) is 9.78 Å². The van der Waals surface area contributed by atoms with Gasteiger partial charge in [0.05, 0.1) is 11.9 Å². The number of ether oxygens (including phenoxy) is 1. The third kappa shape index (κ3) is 2.98. The molecular weight excluding hydrogens is 237 g/mol. The number of nitrogens with one attached hydrogen (secondary N) is 1. The zero-order chi connectivity index (χ0) is 13.0. The first-order valence-electron chi connectivity index (χ1n) is 5.48. The predicted molar refractivity (Wildman–Crippen MR) is 63.4 cm³/mol. The van der Waals surface area contributed by atoms with Crippen LogP contribution in [0.4, 0.5) is 4.39 Å². The molecule has 2 aromatic heterocycles. The molecule has 0 bridgehead atoms. The number of hydrogen-bond donors (Lipinski definition) is 1. The summed E-state index contributed by atoms with van der Waals surface area (Å²) in [5.41, 5.74) is 0.526. The Labute approximate surface area is 103 Å². The summed E-state index contributed by atoms with van der Waals surface area (Å²) in [4.78, 5) is 21.9. The van der Waals surface area contributed by atoms with Crippen LogP contribution in [-0.4, -0.2) is 21.6 Å². The summed E-state index contributed by atoms with van der Waals surface area (Å²) >= 11 is 0. The van der Waals surface area contributed by atoms with E-state index >= 15 is 0 Å². The number of aromatic nitrogens is 3. The second-order valence-electron chi connectivity index (χ2n) is 3.61. The van der Waals surface area contributed by atoms with Crippen molar-refractivity contribution < 1.29 is 9.13 Å². The summed E-state index contributed by atoms with van der Waals surface area (Å²) in [5, 5.41) is 0. The predicted octanol–water partition coefficient (Wildman–Crippen LogP) is 1.51. The van der Waals surface area contributed by atoms with E-state index in [0.29, 0.717) is 23.7 Å². The number of rotatable bonds is 4. The Balaban J connectivity index is 2.38. The summed E-state index contributed by atoms with van der Waals surface area (Å²) in [7, 11) is 0. The molecule has 0 atom stereocenters. The lowest BCUT2D eigenvalue weighted by Gasteiger charge is -2.04. The monoisotopic (exact) mass is 249 g/mol. The van der Waals surface area contributed by atoms with Crippen molar-refractivity contribution in [1.82, 2.24) is 15.0 Å². The Kier molecular flexibility index (Phi) is 3.78. The maximum atomic E-state index is 13.1. The van der Waals surface area contributed by atoms with Crippen molar-refractivity contribution in [2.45, 2.75) is 13.5 Å². The zero-order valence-electron chi connectivity index (χ0n) is 9.81. The molecule has 0 saturated heterocycles. The van der Waals surface area contributed by atoms with Crippen molar-refractivity contribution in [1.29, 1.82) is 0 Å². The van der Waals surface area contributed by atoms with E-state index in [-0.39, 0.29) is 12.2 Å². The lowest BCUT2D eigenvalue weighted by molar-refractivity contribution is 0.128. The van der Waals surface area contributed by atoms with Crippen molar-refractivity contribution in [2.75, 3.05) is 6.61 Å². The van der Waals surface area contributed by atoms with E-state index in [2.05, 4.69) is 15.0 Å². The number of pyridine rings is 1. The number of aromatic amines is 1. The molecule has 0 saturated carbocycles. The van der Waals surface area contributed by atoms with Crippen LogP contribution >= 0.6 is 0 Å². The van der Waals surface area contributed by atoms with Crippen LogP contribution in [0.25, 0.3) is 11.3 Å². The lowest BCUT2D eigenvalue weighted by atomic mass is 10.2. The van der Waals surface area contributed by atoms with Gasteiger partial charge in [0, 0.05) is 24.4 Å². The minimum atomic E-state index is -0.471. The van der Waals surface area contributed by atoms with Crippen molar-refractivity contribution >= 4 is 0 Å². The summed E-state index contributed by atoms with van der Waals surface area (Å²) in [6.45, 7) is 2.58. The van der Waals surface area contributed by atoms with Crippen molar-refractivity contribution in [3.05, 3.63) is 46.5 Å². The van der Waals surface area contributed by atoms with E-state index in [1.165, 1.54) is 18.3 Å². The molecule has 2 heterocycles. The third-order valence-corrected chi connectivity index (χ3v) is 2.23. The molecule has 0 aromatic carbocycles. The van der Waals surface area contributed by atoms with Gasteiger partial charge in [0.25, 0.3) is 5.56 Å². The van der Waals surface area contributed by atoms with Crippen LogP contribution < -0.4 is 5.56 Å². The summed E-state index contributed by atoms with van der Waals surface area (Å²) < 4.78 is 18.2. The Bertz CT molecular complexity index is 598. The molecule has 0 spiro atoms. The molecule has 0 fully saturated rings. The quantitative estimate of drug-likeness (QED) is 0.891. The maximum absolute atomic E-state index is 13.1. The van der Waals surface area contributed by atoms with E-state index in [9.17, 15) is 9.18 Å². The van der Waals surface area contributed by atoms with Gasteiger partial charge in [-0.15, -0.1) is 0 Å². The Morgan fingerprint density at radius 3 is 2.94 bits per heavy atom. The van der Waals surface area contributed by atoms with Crippen molar-refractivity contribution in [3.8, 4) is 11.3 Å². The summed E-state index contributed by atoms with van der Waals surface area (Å²) in [6.07, 6.45) is 2.55. The van der Waals surface area contributed by atoms with Gasteiger partial charge >= 0.3 is 0 Å². The topological polar surface area (TPSA) is 67.9 Å². The SMILES string of the molecule is CCOCc1nc(-c2cncc(F)c2)cc(=O)[nH]1. The minimum absolute atomic E-state index is 0.211. The lowest BCUT2D eigenvalue weighted by Crippen LogP contribution is -2.12. The van der Waals surface area contributed by atoms with Gasteiger partial charge in [0.15, 0.2) is 0 Å². The van der Waals surface area contributed by atoms with Gasteiger partial charge in [-0.1, -0.05) is 0 Å². The van der Waals surface area contributed by atoms with Crippen LogP contribution in [0.2, 0.25) is 0 Å². The third-order valence-electron chi connectivity index (χ3n) is 2.23. The first-order chi connectivity index (χ1) is 8.69.